The molecule has 2 fully saturated rings. The topological polar surface area (TPSA) is 66.8 Å². The number of hydrogen-bond donors (Lipinski definition) is 1. The first kappa shape index (κ1) is 14.1. The number of carboxylic acid groups (broad SMARTS) is 1. The second kappa shape index (κ2) is 5.15. The summed E-state index contributed by atoms with van der Waals surface area (Å²) in [6, 6.07) is 7.84. The minimum atomic E-state index is -0.901. The second-order valence-electron chi connectivity index (χ2n) is 6.11. The summed E-state index contributed by atoms with van der Waals surface area (Å²) in [4.78, 5) is 25.7. The molecule has 0 aromatic heterocycles. The smallest absolute Gasteiger partial charge is 0.314 e. The summed E-state index contributed by atoms with van der Waals surface area (Å²) in [5.41, 5.74) is 1.19. The summed E-state index contributed by atoms with van der Waals surface area (Å²) >= 11 is 0. The molecule has 2 saturated heterocycles. The Morgan fingerprint density at radius 3 is 2.95 bits per heavy atom. The van der Waals surface area contributed by atoms with Gasteiger partial charge in [0.1, 0.15) is 5.41 Å². The summed E-state index contributed by atoms with van der Waals surface area (Å²) in [6.45, 7) is 3.38. The highest BCUT2D eigenvalue weighted by atomic mass is 16.5. The SMILES string of the molecule is Cc1cccc(CC(=O)N2C[C@@H]3COC[C@]3(C(=O)O)C2)c1. The summed E-state index contributed by atoms with van der Waals surface area (Å²) in [5, 5.41) is 9.48. The average Bonchev–Trinajstić information content (AvgIpc) is 2.95. The van der Waals surface area contributed by atoms with Crippen LogP contribution in [0.5, 0.6) is 0 Å². The molecule has 0 unspecified atom stereocenters. The van der Waals surface area contributed by atoms with E-state index < -0.39 is 11.4 Å². The largest absolute Gasteiger partial charge is 0.481 e. The van der Waals surface area contributed by atoms with Gasteiger partial charge in [0.2, 0.25) is 5.91 Å². The fourth-order valence-electron chi connectivity index (χ4n) is 3.34. The molecule has 0 aliphatic carbocycles. The maximum absolute atomic E-state index is 12.4. The van der Waals surface area contributed by atoms with Crippen LogP contribution in [0.4, 0.5) is 0 Å². The first-order valence-electron chi connectivity index (χ1n) is 7.16. The quantitative estimate of drug-likeness (QED) is 0.905. The van der Waals surface area contributed by atoms with E-state index in [9.17, 15) is 14.7 Å². The van der Waals surface area contributed by atoms with E-state index in [2.05, 4.69) is 0 Å². The van der Waals surface area contributed by atoms with Gasteiger partial charge in [-0.05, 0) is 12.5 Å². The first-order chi connectivity index (χ1) is 10.0. The second-order valence-corrected chi connectivity index (χ2v) is 6.11. The van der Waals surface area contributed by atoms with Crippen LogP contribution in [-0.2, 0) is 20.7 Å². The molecular formula is C16H19NO4. The molecule has 3 rings (SSSR count). The lowest BCUT2D eigenvalue weighted by atomic mass is 9.81. The van der Waals surface area contributed by atoms with E-state index in [1.165, 1.54) is 0 Å². The van der Waals surface area contributed by atoms with Crippen LogP contribution in [-0.4, -0.2) is 48.2 Å². The van der Waals surface area contributed by atoms with Crippen molar-refractivity contribution in [1.29, 1.82) is 0 Å². The highest BCUT2D eigenvalue weighted by molar-refractivity contribution is 5.82. The number of carbonyl (C=O) groups excluding carboxylic acids is 1. The summed E-state index contributed by atoms with van der Waals surface area (Å²) in [6.07, 6.45) is 0.324. The molecule has 1 amide bonds. The molecule has 0 spiro atoms. The van der Waals surface area contributed by atoms with E-state index in [-0.39, 0.29) is 25.0 Å². The van der Waals surface area contributed by atoms with Gasteiger partial charge in [0.25, 0.3) is 0 Å². The van der Waals surface area contributed by atoms with Crippen molar-refractivity contribution in [1.82, 2.24) is 4.90 Å². The van der Waals surface area contributed by atoms with Crippen molar-refractivity contribution in [3.8, 4) is 0 Å². The molecule has 112 valence electrons. The van der Waals surface area contributed by atoms with Gasteiger partial charge in [-0.3, -0.25) is 9.59 Å². The third-order valence-corrected chi connectivity index (χ3v) is 4.59. The Labute approximate surface area is 123 Å². The van der Waals surface area contributed by atoms with Gasteiger partial charge in [-0.1, -0.05) is 29.8 Å². The number of carboxylic acids is 1. The van der Waals surface area contributed by atoms with Crippen molar-refractivity contribution in [2.75, 3.05) is 26.3 Å². The van der Waals surface area contributed by atoms with Gasteiger partial charge in [-0.2, -0.15) is 0 Å². The standard InChI is InChI=1S/C16H19NO4/c1-11-3-2-4-12(5-11)6-14(18)17-7-13-8-21-10-16(13,9-17)15(19)20/h2-5,13H,6-10H2,1H3,(H,19,20)/t13-,16-/m1/s1. The average molecular weight is 289 g/mol. The number of rotatable bonds is 3. The molecule has 2 aliphatic heterocycles. The van der Waals surface area contributed by atoms with E-state index in [0.29, 0.717) is 19.6 Å². The molecule has 0 bridgehead atoms. The molecule has 2 heterocycles. The zero-order valence-electron chi connectivity index (χ0n) is 12.0. The van der Waals surface area contributed by atoms with Gasteiger partial charge in [-0.15, -0.1) is 0 Å². The van der Waals surface area contributed by atoms with Crippen LogP contribution in [0.1, 0.15) is 11.1 Å². The predicted molar refractivity (Wildman–Crippen MR) is 75.8 cm³/mol. The van der Waals surface area contributed by atoms with Crippen molar-refractivity contribution >= 4 is 11.9 Å². The van der Waals surface area contributed by atoms with Crippen LogP contribution >= 0.6 is 0 Å². The van der Waals surface area contributed by atoms with E-state index in [0.717, 1.165) is 11.1 Å². The highest BCUT2D eigenvalue weighted by Crippen LogP contribution is 2.41. The number of ether oxygens (including phenoxy) is 1. The third kappa shape index (κ3) is 2.42. The molecule has 5 heteroatoms. The van der Waals surface area contributed by atoms with E-state index in [4.69, 9.17) is 4.74 Å². The summed E-state index contributed by atoms with van der Waals surface area (Å²) < 4.78 is 5.32. The lowest BCUT2D eigenvalue weighted by Gasteiger charge is -2.22. The van der Waals surface area contributed by atoms with Crippen molar-refractivity contribution in [3.05, 3.63) is 35.4 Å². The Morgan fingerprint density at radius 2 is 2.29 bits per heavy atom. The zero-order chi connectivity index (χ0) is 15.0. The number of benzene rings is 1. The van der Waals surface area contributed by atoms with Crippen LogP contribution in [0.2, 0.25) is 0 Å². The Kier molecular flexibility index (Phi) is 3.45. The normalized spacial score (nSPS) is 27.7. The molecule has 5 nitrogen and oxygen atoms in total. The molecule has 2 aliphatic rings. The minimum absolute atomic E-state index is 0.00405. The van der Waals surface area contributed by atoms with Crippen LogP contribution in [0.25, 0.3) is 0 Å². The number of aliphatic carboxylic acids is 1. The van der Waals surface area contributed by atoms with Crippen molar-refractivity contribution < 1.29 is 19.4 Å². The van der Waals surface area contributed by atoms with Gasteiger partial charge >= 0.3 is 5.97 Å². The lowest BCUT2D eigenvalue weighted by molar-refractivity contribution is -0.149. The Morgan fingerprint density at radius 1 is 1.48 bits per heavy atom. The number of likely N-dealkylation sites (tertiary alicyclic amines) is 1. The number of hydrogen-bond acceptors (Lipinski definition) is 3. The van der Waals surface area contributed by atoms with Crippen LogP contribution in [0.15, 0.2) is 24.3 Å². The minimum Gasteiger partial charge on any atom is -0.481 e. The van der Waals surface area contributed by atoms with Crippen LogP contribution < -0.4 is 0 Å². The number of aryl methyl sites for hydroxylation is 1. The van der Waals surface area contributed by atoms with Crippen LogP contribution in [0.3, 0.4) is 0 Å². The zero-order valence-corrected chi connectivity index (χ0v) is 12.0. The Hall–Kier alpha value is -1.88. The van der Waals surface area contributed by atoms with Gasteiger partial charge in [0.15, 0.2) is 0 Å². The molecule has 1 aromatic carbocycles. The maximum atomic E-state index is 12.4. The van der Waals surface area contributed by atoms with Gasteiger partial charge in [0.05, 0.1) is 19.6 Å². The number of fused-ring (bicyclic) bond motifs is 1. The Balaban J connectivity index is 1.71. The van der Waals surface area contributed by atoms with Crippen LogP contribution in [0, 0.1) is 18.3 Å². The summed E-state index contributed by atoms with van der Waals surface area (Å²) in [5.74, 6) is -0.942. The van der Waals surface area contributed by atoms with Gasteiger partial charge in [0, 0.05) is 19.0 Å². The number of amides is 1. The van der Waals surface area contributed by atoms with E-state index in [1.54, 1.807) is 4.90 Å². The molecule has 1 N–H and O–H groups in total. The highest BCUT2D eigenvalue weighted by Gasteiger charge is 2.57. The van der Waals surface area contributed by atoms with E-state index in [1.807, 2.05) is 31.2 Å². The Bertz CT molecular complexity index is 585. The molecular weight excluding hydrogens is 270 g/mol. The molecule has 0 saturated carbocycles. The predicted octanol–water partition coefficient (Wildman–Crippen LogP) is 1.10. The molecule has 0 radical (unpaired) electrons. The number of nitrogens with zero attached hydrogens (tertiary/aromatic N) is 1. The molecule has 21 heavy (non-hydrogen) atoms. The fourth-order valence-corrected chi connectivity index (χ4v) is 3.34. The third-order valence-electron chi connectivity index (χ3n) is 4.59. The molecule has 2 atom stereocenters. The maximum Gasteiger partial charge on any atom is 0.314 e. The first-order valence-corrected chi connectivity index (χ1v) is 7.16. The van der Waals surface area contributed by atoms with Gasteiger partial charge in [-0.25, -0.2) is 0 Å². The number of carbonyl (C=O) groups is 2. The van der Waals surface area contributed by atoms with Crippen molar-refractivity contribution in [3.63, 3.8) is 0 Å². The van der Waals surface area contributed by atoms with E-state index >= 15 is 0 Å². The molecule has 1 aromatic rings. The van der Waals surface area contributed by atoms with Crippen molar-refractivity contribution in [2.45, 2.75) is 13.3 Å². The lowest BCUT2D eigenvalue weighted by Crippen LogP contribution is -2.40. The fraction of sp³-hybridized carbons (Fsp3) is 0.500. The monoisotopic (exact) mass is 289 g/mol. The van der Waals surface area contributed by atoms with Crippen molar-refractivity contribution in [2.24, 2.45) is 11.3 Å². The van der Waals surface area contributed by atoms with Gasteiger partial charge < -0.3 is 14.7 Å². The summed E-state index contributed by atoms with van der Waals surface area (Å²) in [7, 11) is 0.